The SMILES string of the molecule is COc1ccc(C(=O)NCC(=O)OCc2noc(-c3ccc(F)cc3)c2C)cc1. The second-order valence-electron chi connectivity index (χ2n) is 6.16. The highest BCUT2D eigenvalue weighted by Gasteiger charge is 2.16. The molecule has 0 bridgehead atoms. The number of nitrogens with zero attached hydrogens (tertiary/aromatic N) is 1. The number of halogens is 1. The van der Waals surface area contributed by atoms with Gasteiger partial charge in [-0.3, -0.25) is 9.59 Å². The number of benzene rings is 2. The normalized spacial score (nSPS) is 10.4. The van der Waals surface area contributed by atoms with Crippen molar-refractivity contribution < 1.29 is 28.0 Å². The van der Waals surface area contributed by atoms with Crippen molar-refractivity contribution in [1.82, 2.24) is 10.5 Å². The average Bonchev–Trinajstić information content (AvgIpc) is 3.11. The highest BCUT2D eigenvalue weighted by atomic mass is 19.1. The Morgan fingerprint density at radius 2 is 1.79 bits per heavy atom. The molecule has 0 fully saturated rings. The molecule has 1 heterocycles. The van der Waals surface area contributed by atoms with Crippen LogP contribution in [-0.2, 0) is 16.1 Å². The van der Waals surface area contributed by atoms with Crippen LogP contribution in [0.25, 0.3) is 11.3 Å². The molecule has 0 unspecified atom stereocenters. The number of methoxy groups -OCH3 is 1. The van der Waals surface area contributed by atoms with Crippen LogP contribution in [-0.4, -0.2) is 30.7 Å². The van der Waals surface area contributed by atoms with Gasteiger partial charge < -0.3 is 19.3 Å². The standard InChI is InChI=1S/C21H19FN2O5/c1-13-18(24-29-20(13)14-3-7-16(22)8-4-14)12-28-19(25)11-23-21(26)15-5-9-17(27-2)10-6-15/h3-10H,11-12H2,1-2H3,(H,23,26). The molecular formula is C21H19FN2O5. The Labute approximate surface area is 166 Å². The Bertz CT molecular complexity index is 997. The molecular weight excluding hydrogens is 379 g/mol. The summed E-state index contributed by atoms with van der Waals surface area (Å²) in [5, 5.41) is 6.39. The Balaban J connectivity index is 1.51. The third-order valence-corrected chi connectivity index (χ3v) is 4.24. The van der Waals surface area contributed by atoms with Gasteiger partial charge in [0, 0.05) is 16.7 Å². The van der Waals surface area contributed by atoms with E-state index in [2.05, 4.69) is 10.5 Å². The summed E-state index contributed by atoms with van der Waals surface area (Å²) in [6.07, 6.45) is 0. The van der Waals surface area contributed by atoms with Crippen molar-refractivity contribution in [1.29, 1.82) is 0 Å². The number of ether oxygens (including phenoxy) is 2. The van der Waals surface area contributed by atoms with Crippen LogP contribution in [0.5, 0.6) is 5.75 Å². The largest absolute Gasteiger partial charge is 0.497 e. The average molecular weight is 398 g/mol. The predicted octanol–water partition coefficient (Wildman–Crippen LogP) is 3.27. The van der Waals surface area contributed by atoms with Crippen LogP contribution in [0.4, 0.5) is 4.39 Å². The quantitative estimate of drug-likeness (QED) is 0.615. The van der Waals surface area contributed by atoms with Gasteiger partial charge in [0.15, 0.2) is 5.76 Å². The van der Waals surface area contributed by atoms with E-state index in [1.165, 1.54) is 19.2 Å². The van der Waals surface area contributed by atoms with Crippen LogP contribution in [0.15, 0.2) is 53.1 Å². The van der Waals surface area contributed by atoms with Gasteiger partial charge in [0.2, 0.25) is 0 Å². The van der Waals surface area contributed by atoms with Crippen molar-refractivity contribution in [2.24, 2.45) is 0 Å². The number of hydrogen-bond acceptors (Lipinski definition) is 6. The van der Waals surface area contributed by atoms with Crippen LogP contribution >= 0.6 is 0 Å². The zero-order chi connectivity index (χ0) is 20.8. The second-order valence-corrected chi connectivity index (χ2v) is 6.16. The topological polar surface area (TPSA) is 90.7 Å². The number of carbonyl (C=O) groups excluding carboxylic acids is 2. The maximum atomic E-state index is 13.1. The fourth-order valence-electron chi connectivity index (χ4n) is 2.57. The molecule has 3 aromatic rings. The van der Waals surface area contributed by atoms with E-state index in [-0.39, 0.29) is 19.0 Å². The van der Waals surface area contributed by atoms with Crippen molar-refractivity contribution in [3.63, 3.8) is 0 Å². The summed E-state index contributed by atoms with van der Waals surface area (Å²) in [6, 6.07) is 12.3. The Hall–Kier alpha value is -3.68. The Kier molecular flexibility index (Phi) is 6.23. The first kappa shape index (κ1) is 20.1. The van der Waals surface area contributed by atoms with Crippen molar-refractivity contribution >= 4 is 11.9 Å². The Morgan fingerprint density at radius 3 is 2.45 bits per heavy atom. The van der Waals surface area contributed by atoms with Crippen molar-refractivity contribution in [3.8, 4) is 17.1 Å². The minimum Gasteiger partial charge on any atom is -0.497 e. The van der Waals surface area contributed by atoms with Crippen LogP contribution in [0.2, 0.25) is 0 Å². The number of esters is 1. The third kappa shape index (κ3) is 4.98. The molecule has 0 aliphatic rings. The summed E-state index contributed by atoms with van der Waals surface area (Å²) < 4.78 is 28.5. The van der Waals surface area contributed by atoms with Gasteiger partial charge in [0.05, 0.1) is 7.11 Å². The summed E-state index contributed by atoms with van der Waals surface area (Å²) >= 11 is 0. The van der Waals surface area contributed by atoms with Gasteiger partial charge in [-0.2, -0.15) is 0 Å². The van der Waals surface area contributed by atoms with Gasteiger partial charge >= 0.3 is 5.97 Å². The van der Waals surface area contributed by atoms with Crippen molar-refractivity contribution in [2.75, 3.05) is 13.7 Å². The third-order valence-electron chi connectivity index (χ3n) is 4.24. The highest BCUT2D eigenvalue weighted by molar-refractivity contribution is 5.96. The number of nitrogens with one attached hydrogen (secondary N) is 1. The van der Waals surface area contributed by atoms with Gasteiger partial charge in [-0.1, -0.05) is 5.16 Å². The molecule has 1 amide bonds. The first-order chi connectivity index (χ1) is 14.0. The Morgan fingerprint density at radius 1 is 1.10 bits per heavy atom. The van der Waals surface area contributed by atoms with Crippen LogP contribution in [0.3, 0.4) is 0 Å². The molecule has 7 nitrogen and oxygen atoms in total. The molecule has 0 aliphatic heterocycles. The smallest absolute Gasteiger partial charge is 0.325 e. The molecule has 0 atom stereocenters. The molecule has 3 rings (SSSR count). The summed E-state index contributed by atoms with van der Waals surface area (Å²) in [5.41, 5.74) is 2.20. The van der Waals surface area contributed by atoms with E-state index in [0.717, 1.165) is 0 Å². The monoisotopic (exact) mass is 398 g/mol. The molecule has 2 aromatic carbocycles. The zero-order valence-electron chi connectivity index (χ0n) is 15.9. The van der Waals surface area contributed by atoms with Gasteiger partial charge in [0.1, 0.15) is 30.4 Å². The molecule has 0 saturated carbocycles. The minimum atomic E-state index is -0.613. The fourth-order valence-corrected chi connectivity index (χ4v) is 2.57. The number of rotatable bonds is 7. The minimum absolute atomic E-state index is 0.103. The summed E-state index contributed by atoms with van der Waals surface area (Å²) in [7, 11) is 1.53. The maximum absolute atomic E-state index is 13.1. The lowest BCUT2D eigenvalue weighted by atomic mass is 10.1. The molecule has 8 heteroatoms. The predicted molar refractivity (Wildman–Crippen MR) is 102 cm³/mol. The molecule has 0 saturated heterocycles. The van der Waals surface area contributed by atoms with Crippen LogP contribution in [0.1, 0.15) is 21.6 Å². The lowest BCUT2D eigenvalue weighted by molar-refractivity contribution is -0.143. The van der Waals surface area contributed by atoms with Gasteiger partial charge in [0.25, 0.3) is 5.91 Å². The summed E-state index contributed by atoms with van der Waals surface area (Å²) in [4.78, 5) is 24.0. The summed E-state index contributed by atoms with van der Waals surface area (Å²) in [6.45, 7) is 1.38. The summed E-state index contributed by atoms with van der Waals surface area (Å²) in [5.74, 6) is -0.261. The molecule has 1 aromatic heterocycles. The highest BCUT2D eigenvalue weighted by Crippen LogP contribution is 2.26. The van der Waals surface area contributed by atoms with Crippen LogP contribution in [0, 0.1) is 12.7 Å². The van der Waals surface area contributed by atoms with E-state index in [1.54, 1.807) is 43.3 Å². The van der Waals surface area contributed by atoms with Crippen molar-refractivity contribution in [2.45, 2.75) is 13.5 Å². The molecule has 1 N–H and O–H groups in total. The van der Waals surface area contributed by atoms with E-state index >= 15 is 0 Å². The maximum Gasteiger partial charge on any atom is 0.325 e. The number of amides is 1. The molecule has 29 heavy (non-hydrogen) atoms. The first-order valence-electron chi connectivity index (χ1n) is 8.77. The lowest BCUT2D eigenvalue weighted by Gasteiger charge is -2.06. The van der Waals surface area contributed by atoms with E-state index < -0.39 is 11.9 Å². The first-order valence-corrected chi connectivity index (χ1v) is 8.77. The van der Waals surface area contributed by atoms with Gasteiger partial charge in [-0.05, 0) is 55.5 Å². The lowest BCUT2D eigenvalue weighted by Crippen LogP contribution is -2.30. The number of aromatic nitrogens is 1. The number of carbonyl (C=O) groups is 2. The van der Waals surface area contributed by atoms with Gasteiger partial charge in [-0.15, -0.1) is 0 Å². The van der Waals surface area contributed by atoms with E-state index in [0.29, 0.717) is 33.9 Å². The molecule has 150 valence electrons. The van der Waals surface area contributed by atoms with E-state index in [1.807, 2.05) is 0 Å². The molecule has 0 radical (unpaired) electrons. The number of hydrogen-bond donors (Lipinski definition) is 1. The fraction of sp³-hybridized carbons (Fsp3) is 0.190. The van der Waals surface area contributed by atoms with Crippen LogP contribution < -0.4 is 10.1 Å². The van der Waals surface area contributed by atoms with Crippen molar-refractivity contribution in [3.05, 3.63) is 71.2 Å². The van der Waals surface area contributed by atoms with Gasteiger partial charge in [-0.25, -0.2) is 4.39 Å². The molecule has 0 aliphatic carbocycles. The molecule has 0 spiro atoms. The second kappa shape index (κ2) is 9.01. The van der Waals surface area contributed by atoms with E-state index in [4.69, 9.17) is 14.0 Å². The van der Waals surface area contributed by atoms with E-state index in [9.17, 15) is 14.0 Å². The zero-order valence-corrected chi connectivity index (χ0v) is 15.9.